The van der Waals surface area contributed by atoms with Crippen molar-refractivity contribution in [2.45, 2.75) is 37.1 Å². The van der Waals surface area contributed by atoms with Gasteiger partial charge in [-0.25, -0.2) is 0 Å². The predicted molar refractivity (Wildman–Crippen MR) is 137 cm³/mol. The lowest BCUT2D eigenvalue weighted by molar-refractivity contribution is -0.117. The average Bonchev–Trinajstić information content (AvgIpc) is 2.88. The number of nitrogens with one attached hydrogen (secondary N) is 1. The van der Waals surface area contributed by atoms with Gasteiger partial charge in [0.05, 0.1) is 14.2 Å². The van der Waals surface area contributed by atoms with E-state index in [2.05, 4.69) is 35.0 Å². The van der Waals surface area contributed by atoms with Crippen LogP contribution in [0, 0.1) is 5.92 Å². The van der Waals surface area contributed by atoms with Gasteiger partial charge in [-0.15, -0.1) is 6.58 Å². The van der Waals surface area contributed by atoms with Gasteiger partial charge < -0.3 is 14.8 Å². The number of hydrogen-bond acceptors (Lipinski definition) is 4. The normalized spacial score (nSPS) is 24.9. The van der Waals surface area contributed by atoms with E-state index in [1.807, 2.05) is 42.5 Å². The SMILES string of the molecule is C=CCN1CCC2(c3cccc(OC)c3)CC(NC(=O)C=Cc3cccc(OC)c3)CCC2C1. The Kier molecular flexibility index (Phi) is 7.73. The largest absolute Gasteiger partial charge is 0.497 e. The quantitative estimate of drug-likeness (QED) is 0.453. The number of nitrogens with zero attached hydrogens (tertiary/aromatic N) is 1. The average molecular weight is 461 g/mol. The number of amides is 1. The first-order valence-electron chi connectivity index (χ1n) is 12.2. The molecule has 1 saturated heterocycles. The van der Waals surface area contributed by atoms with Crippen LogP contribution in [0.5, 0.6) is 11.5 Å². The van der Waals surface area contributed by atoms with Crippen LogP contribution >= 0.6 is 0 Å². The Morgan fingerprint density at radius 1 is 1.15 bits per heavy atom. The van der Waals surface area contributed by atoms with Crippen molar-refractivity contribution in [3.63, 3.8) is 0 Å². The molecule has 0 radical (unpaired) electrons. The molecule has 0 bridgehead atoms. The van der Waals surface area contributed by atoms with Crippen molar-refractivity contribution in [3.8, 4) is 11.5 Å². The Balaban J connectivity index is 1.50. The monoisotopic (exact) mass is 460 g/mol. The number of carbonyl (C=O) groups is 1. The molecule has 0 aromatic heterocycles. The zero-order valence-electron chi connectivity index (χ0n) is 20.3. The summed E-state index contributed by atoms with van der Waals surface area (Å²) in [7, 11) is 3.37. The summed E-state index contributed by atoms with van der Waals surface area (Å²) in [6, 6.07) is 16.4. The second kappa shape index (κ2) is 10.9. The van der Waals surface area contributed by atoms with E-state index in [1.54, 1.807) is 20.3 Å². The third-order valence-electron chi connectivity index (χ3n) is 7.51. The van der Waals surface area contributed by atoms with E-state index in [4.69, 9.17) is 9.47 Å². The molecule has 3 unspecified atom stereocenters. The number of benzene rings is 2. The lowest BCUT2D eigenvalue weighted by atomic mass is 9.58. The fourth-order valence-electron chi connectivity index (χ4n) is 5.79. The molecule has 2 aromatic rings. The van der Waals surface area contributed by atoms with E-state index in [0.717, 1.165) is 62.4 Å². The minimum absolute atomic E-state index is 0.0406. The molecule has 1 heterocycles. The lowest BCUT2D eigenvalue weighted by Gasteiger charge is -2.53. The highest BCUT2D eigenvalue weighted by Crippen LogP contribution is 2.49. The number of likely N-dealkylation sites (tertiary alicyclic amines) is 1. The van der Waals surface area contributed by atoms with E-state index in [0.29, 0.717) is 5.92 Å². The van der Waals surface area contributed by atoms with Gasteiger partial charge in [0.25, 0.3) is 0 Å². The molecule has 180 valence electrons. The van der Waals surface area contributed by atoms with Crippen molar-refractivity contribution in [1.82, 2.24) is 10.2 Å². The summed E-state index contributed by atoms with van der Waals surface area (Å²) in [5.41, 5.74) is 2.32. The van der Waals surface area contributed by atoms with Gasteiger partial charge in [-0.1, -0.05) is 30.3 Å². The molecule has 1 amide bonds. The van der Waals surface area contributed by atoms with Crippen molar-refractivity contribution in [3.05, 3.63) is 78.4 Å². The zero-order valence-corrected chi connectivity index (χ0v) is 20.3. The second-order valence-electron chi connectivity index (χ2n) is 9.48. The summed E-state index contributed by atoms with van der Waals surface area (Å²) >= 11 is 0. The number of piperidine rings is 1. The predicted octanol–water partition coefficient (Wildman–Crippen LogP) is 4.83. The molecule has 3 atom stereocenters. The van der Waals surface area contributed by atoms with Gasteiger partial charge in [-0.05, 0) is 79.6 Å². The molecular formula is C29H36N2O3. The summed E-state index contributed by atoms with van der Waals surface area (Å²) in [5.74, 6) is 2.18. The number of hydrogen-bond donors (Lipinski definition) is 1. The van der Waals surface area contributed by atoms with Gasteiger partial charge in [-0.2, -0.15) is 0 Å². The highest BCUT2D eigenvalue weighted by molar-refractivity contribution is 5.92. The first-order valence-corrected chi connectivity index (χ1v) is 12.2. The maximum atomic E-state index is 12.8. The number of fused-ring (bicyclic) bond motifs is 1. The molecule has 5 nitrogen and oxygen atoms in total. The summed E-state index contributed by atoms with van der Waals surface area (Å²) in [6.07, 6.45) is 9.59. The maximum absolute atomic E-state index is 12.8. The summed E-state index contributed by atoms with van der Waals surface area (Å²) in [5, 5.41) is 3.29. The highest BCUT2D eigenvalue weighted by Gasteiger charge is 2.48. The van der Waals surface area contributed by atoms with Gasteiger partial charge >= 0.3 is 0 Å². The third-order valence-corrected chi connectivity index (χ3v) is 7.51. The van der Waals surface area contributed by atoms with E-state index in [9.17, 15) is 4.79 Å². The fourth-order valence-corrected chi connectivity index (χ4v) is 5.79. The Morgan fingerprint density at radius 3 is 2.68 bits per heavy atom. The lowest BCUT2D eigenvalue weighted by Crippen LogP contribution is -2.56. The van der Waals surface area contributed by atoms with Crippen LogP contribution in [-0.2, 0) is 10.2 Å². The Morgan fingerprint density at radius 2 is 1.91 bits per heavy atom. The molecule has 4 rings (SSSR count). The Bertz CT molecular complexity index is 1030. The molecule has 1 aliphatic carbocycles. The molecule has 0 spiro atoms. The van der Waals surface area contributed by atoms with Gasteiger partial charge in [0.1, 0.15) is 11.5 Å². The van der Waals surface area contributed by atoms with Crippen LogP contribution in [0.4, 0.5) is 0 Å². The molecule has 2 aliphatic rings. The molecule has 2 fully saturated rings. The molecular weight excluding hydrogens is 424 g/mol. The van der Waals surface area contributed by atoms with Crippen LogP contribution in [0.1, 0.15) is 36.8 Å². The van der Waals surface area contributed by atoms with Crippen molar-refractivity contribution in [2.24, 2.45) is 5.92 Å². The highest BCUT2D eigenvalue weighted by atomic mass is 16.5. The first-order chi connectivity index (χ1) is 16.6. The first kappa shape index (κ1) is 24.1. The van der Waals surface area contributed by atoms with Crippen LogP contribution in [0.25, 0.3) is 6.08 Å². The Labute approximate surface area is 203 Å². The van der Waals surface area contributed by atoms with Crippen LogP contribution in [0.2, 0.25) is 0 Å². The van der Waals surface area contributed by atoms with Crippen molar-refractivity contribution in [2.75, 3.05) is 33.9 Å². The number of ether oxygens (including phenoxy) is 2. The summed E-state index contributed by atoms with van der Waals surface area (Å²) < 4.78 is 10.8. The topological polar surface area (TPSA) is 50.8 Å². The Hall–Kier alpha value is -3.05. The minimum atomic E-state index is -0.0452. The van der Waals surface area contributed by atoms with Gasteiger partial charge in [0.15, 0.2) is 0 Å². The van der Waals surface area contributed by atoms with Crippen molar-refractivity contribution in [1.29, 1.82) is 0 Å². The summed E-state index contributed by atoms with van der Waals surface area (Å²) in [4.78, 5) is 15.3. The molecule has 2 aromatic carbocycles. The standard InChI is InChI=1S/C29H36N2O3/c1-4-16-31-17-15-29(23-8-6-10-27(19-23)34-3)20-25(13-12-24(29)21-31)30-28(32)14-11-22-7-5-9-26(18-22)33-2/h4-11,14,18-19,24-25H,1,12-13,15-17,20-21H2,2-3H3,(H,30,32). The van der Waals surface area contributed by atoms with E-state index < -0.39 is 0 Å². The molecule has 34 heavy (non-hydrogen) atoms. The minimum Gasteiger partial charge on any atom is -0.497 e. The smallest absolute Gasteiger partial charge is 0.244 e. The molecule has 1 aliphatic heterocycles. The summed E-state index contributed by atoms with van der Waals surface area (Å²) in [6.45, 7) is 6.97. The van der Waals surface area contributed by atoms with Gasteiger partial charge in [-0.3, -0.25) is 9.69 Å². The van der Waals surface area contributed by atoms with Crippen LogP contribution in [-0.4, -0.2) is 50.7 Å². The van der Waals surface area contributed by atoms with Crippen LogP contribution < -0.4 is 14.8 Å². The van der Waals surface area contributed by atoms with Gasteiger partial charge in [0.2, 0.25) is 5.91 Å². The number of rotatable bonds is 8. The number of methoxy groups -OCH3 is 2. The van der Waals surface area contributed by atoms with Crippen LogP contribution in [0.3, 0.4) is 0 Å². The number of carbonyl (C=O) groups excluding carboxylic acids is 1. The zero-order chi connectivity index (χ0) is 24.0. The van der Waals surface area contributed by atoms with E-state index >= 15 is 0 Å². The maximum Gasteiger partial charge on any atom is 0.244 e. The van der Waals surface area contributed by atoms with Crippen molar-refractivity contribution < 1.29 is 14.3 Å². The molecule has 5 heteroatoms. The molecule has 1 saturated carbocycles. The fraction of sp³-hybridized carbons (Fsp3) is 0.414. The second-order valence-corrected chi connectivity index (χ2v) is 9.48. The van der Waals surface area contributed by atoms with Gasteiger partial charge in [0, 0.05) is 30.6 Å². The van der Waals surface area contributed by atoms with Crippen molar-refractivity contribution >= 4 is 12.0 Å². The van der Waals surface area contributed by atoms with E-state index in [1.165, 1.54) is 5.56 Å². The third kappa shape index (κ3) is 5.36. The molecule has 1 N–H and O–H groups in total. The van der Waals surface area contributed by atoms with Crippen LogP contribution in [0.15, 0.2) is 67.3 Å². The van der Waals surface area contributed by atoms with E-state index in [-0.39, 0.29) is 17.4 Å².